The van der Waals surface area contributed by atoms with Crippen molar-refractivity contribution in [1.82, 2.24) is 4.90 Å². The molecule has 7 nitrogen and oxygen atoms in total. The zero-order chi connectivity index (χ0) is 19.8. The molecule has 2 aromatic carbocycles. The highest BCUT2D eigenvalue weighted by atomic mass is 16.6. The number of benzene rings is 2. The number of hydrogen-bond acceptors (Lipinski definition) is 6. The Bertz CT molecular complexity index is 907. The molecule has 7 heteroatoms. The number of rotatable bonds is 9. The van der Waals surface area contributed by atoms with Crippen LogP contribution in [-0.4, -0.2) is 22.1 Å². The summed E-state index contributed by atoms with van der Waals surface area (Å²) in [5, 5.41) is 14.9. The van der Waals surface area contributed by atoms with E-state index in [1.165, 1.54) is 29.8 Å². The summed E-state index contributed by atoms with van der Waals surface area (Å²) in [5.74, 6) is 1.32. The molecule has 28 heavy (non-hydrogen) atoms. The predicted octanol–water partition coefficient (Wildman–Crippen LogP) is 4.64. The number of nitro groups is 1. The normalized spacial score (nSPS) is 11.6. The molecule has 0 aliphatic carbocycles. The van der Waals surface area contributed by atoms with Crippen LogP contribution >= 0.6 is 0 Å². The lowest BCUT2D eigenvalue weighted by atomic mass is 10.2. The van der Waals surface area contributed by atoms with Gasteiger partial charge in [-0.1, -0.05) is 35.5 Å². The maximum atomic E-state index is 10.7. The van der Waals surface area contributed by atoms with Gasteiger partial charge in [-0.25, -0.2) is 0 Å². The van der Waals surface area contributed by atoms with Crippen molar-refractivity contribution < 1.29 is 14.2 Å². The van der Waals surface area contributed by atoms with Crippen molar-refractivity contribution in [1.29, 1.82) is 0 Å². The van der Waals surface area contributed by atoms with Crippen LogP contribution in [0.3, 0.4) is 0 Å². The zero-order valence-corrected chi connectivity index (χ0v) is 15.5. The number of hydrogen-bond donors (Lipinski definition) is 0. The molecule has 0 unspecified atom stereocenters. The second-order valence-electron chi connectivity index (χ2n) is 6.38. The Hall–Kier alpha value is -3.45. The summed E-state index contributed by atoms with van der Waals surface area (Å²) in [5.41, 5.74) is 1.99. The Morgan fingerprint density at radius 1 is 1.07 bits per heavy atom. The first-order chi connectivity index (χ1) is 13.6. The van der Waals surface area contributed by atoms with Crippen molar-refractivity contribution in [3.63, 3.8) is 0 Å². The van der Waals surface area contributed by atoms with Crippen LogP contribution in [0.1, 0.15) is 18.2 Å². The molecule has 0 atom stereocenters. The van der Waals surface area contributed by atoms with Crippen LogP contribution in [0, 0.1) is 10.1 Å². The number of nitro benzene ring substituents is 1. The smallest absolute Gasteiger partial charge is 0.269 e. The fraction of sp³-hybridized carbons (Fsp3) is 0.190. The number of nitrogens with zero attached hydrogens (tertiary/aromatic N) is 3. The molecule has 0 amide bonds. The third-order valence-corrected chi connectivity index (χ3v) is 4.02. The Balaban J connectivity index is 1.64. The molecule has 0 N–H and O–H groups in total. The van der Waals surface area contributed by atoms with E-state index < -0.39 is 4.92 Å². The maximum absolute atomic E-state index is 10.7. The first-order valence-corrected chi connectivity index (χ1v) is 8.84. The van der Waals surface area contributed by atoms with Gasteiger partial charge < -0.3 is 9.25 Å². The largest absolute Gasteiger partial charge is 0.468 e. The SMILES string of the molecule is C/C(CN(Cc1ccccc1)Cc1ccco1)=N\Oc1ccc([N+](=O)[O-])cc1. The lowest BCUT2D eigenvalue weighted by Gasteiger charge is -2.21. The highest BCUT2D eigenvalue weighted by Gasteiger charge is 2.11. The van der Waals surface area contributed by atoms with E-state index in [1.807, 2.05) is 37.3 Å². The Morgan fingerprint density at radius 3 is 2.46 bits per heavy atom. The summed E-state index contributed by atoms with van der Waals surface area (Å²) < 4.78 is 5.48. The molecule has 0 aliphatic heterocycles. The van der Waals surface area contributed by atoms with E-state index in [0.29, 0.717) is 18.8 Å². The average molecular weight is 379 g/mol. The monoisotopic (exact) mass is 379 g/mol. The highest BCUT2D eigenvalue weighted by Crippen LogP contribution is 2.17. The van der Waals surface area contributed by atoms with Crippen molar-refractivity contribution >= 4 is 11.4 Å². The minimum Gasteiger partial charge on any atom is -0.468 e. The van der Waals surface area contributed by atoms with Gasteiger partial charge in [0.2, 0.25) is 0 Å². The summed E-state index contributed by atoms with van der Waals surface area (Å²) in [6, 6.07) is 19.8. The lowest BCUT2D eigenvalue weighted by Crippen LogP contribution is -2.28. The van der Waals surface area contributed by atoms with Crippen LogP contribution in [0.4, 0.5) is 5.69 Å². The van der Waals surface area contributed by atoms with Gasteiger partial charge in [0.15, 0.2) is 5.75 Å². The van der Waals surface area contributed by atoms with Gasteiger partial charge in [0.25, 0.3) is 5.69 Å². The van der Waals surface area contributed by atoms with Crippen LogP contribution in [0.5, 0.6) is 5.75 Å². The number of furan rings is 1. The summed E-state index contributed by atoms with van der Waals surface area (Å²) in [4.78, 5) is 17.9. The minimum atomic E-state index is -0.450. The van der Waals surface area contributed by atoms with Crippen molar-refractivity contribution in [2.75, 3.05) is 6.54 Å². The van der Waals surface area contributed by atoms with E-state index in [-0.39, 0.29) is 5.69 Å². The van der Waals surface area contributed by atoms with Crippen LogP contribution in [-0.2, 0) is 13.1 Å². The second-order valence-corrected chi connectivity index (χ2v) is 6.38. The Kier molecular flexibility index (Phi) is 6.54. The van der Waals surface area contributed by atoms with E-state index in [4.69, 9.17) is 9.25 Å². The first-order valence-electron chi connectivity index (χ1n) is 8.84. The summed E-state index contributed by atoms with van der Waals surface area (Å²) >= 11 is 0. The molecule has 0 radical (unpaired) electrons. The fourth-order valence-electron chi connectivity index (χ4n) is 2.74. The summed E-state index contributed by atoms with van der Waals surface area (Å²) in [7, 11) is 0. The molecule has 0 bridgehead atoms. The molecule has 0 fully saturated rings. The molecule has 0 spiro atoms. The highest BCUT2D eigenvalue weighted by molar-refractivity contribution is 5.83. The third kappa shape index (κ3) is 5.78. The quantitative estimate of drug-likeness (QED) is 0.307. The molecule has 3 rings (SSSR count). The van der Waals surface area contributed by atoms with Gasteiger partial charge >= 0.3 is 0 Å². The molecule has 0 saturated heterocycles. The molecule has 1 heterocycles. The van der Waals surface area contributed by atoms with Crippen LogP contribution in [0.2, 0.25) is 0 Å². The predicted molar refractivity (Wildman–Crippen MR) is 106 cm³/mol. The molecule has 0 saturated carbocycles. The van der Waals surface area contributed by atoms with Crippen molar-refractivity contribution in [2.45, 2.75) is 20.0 Å². The van der Waals surface area contributed by atoms with Gasteiger partial charge in [-0.05, 0) is 36.8 Å². The van der Waals surface area contributed by atoms with Crippen LogP contribution in [0.15, 0.2) is 82.6 Å². The van der Waals surface area contributed by atoms with Gasteiger partial charge in [0.1, 0.15) is 5.76 Å². The molecule has 3 aromatic rings. The molecular weight excluding hydrogens is 358 g/mol. The van der Waals surface area contributed by atoms with E-state index in [0.717, 1.165) is 18.0 Å². The summed E-state index contributed by atoms with van der Waals surface area (Å²) in [6.07, 6.45) is 1.66. The second kappa shape index (κ2) is 9.48. The van der Waals surface area contributed by atoms with Gasteiger partial charge in [-0.3, -0.25) is 15.0 Å². The Morgan fingerprint density at radius 2 is 1.82 bits per heavy atom. The maximum Gasteiger partial charge on any atom is 0.269 e. The van der Waals surface area contributed by atoms with Gasteiger partial charge in [-0.15, -0.1) is 0 Å². The van der Waals surface area contributed by atoms with Gasteiger partial charge in [0, 0.05) is 25.2 Å². The van der Waals surface area contributed by atoms with Gasteiger partial charge in [-0.2, -0.15) is 0 Å². The molecular formula is C21H21N3O4. The standard InChI is InChI=1S/C21H21N3O4/c1-17(22-28-20-11-9-19(10-12-20)24(25)26)14-23(16-21-8-5-13-27-21)15-18-6-3-2-4-7-18/h2-13H,14-16H2,1H3/b22-17+. The van der Waals surface area contributed by atoms with Crippen molar-refractivity contribution in [3.05, 3.63) is 94.4 Å². The van der Waals surface area contributed by atoms with E-state index in [9.17, 15) is 10.1 Å². The van der Waals surface area contributed by atoms with Crippen molar-refractivity contribution in [2.24, 2.45) is 5.16 Å². The molecule has 0 aliphatic rings. The summed E-state index contributed by atoms with van der Waals surface area (Å²) in [6.45, 7) is 3.85. The molecule has 1 aromatic heterocycles. The third-order valence-electron chi connectivity index (χ3n) is 4.02. The number of oxime groups is 1. The van der Waals surface area contributed by atoms with Crippen LogP contribution in [0.25, 0.3) is 0 Å². The average Bonchev–Trinajstić information content (AvgIpc) is 3.20. The zero-order valence-electron chi connectivity index (χ0n) is 15.5. The Labute approximate surface area is 163 Å². The van der Waals surface area contributed by atoms with Crippen LogP contribution < -0.4 is 4.84 Å². The van der Waals surface area contributed by atoms with Crippen molar-refractivity contribution in [3.8, 4) is 5.75 Å². The van der Waals surface area contributed by atoms with Gasteiger partial charge in [0.05, 0.1) is 23.4 Å². The van der Waals surface area contributed by atoms with E-state index >= 15 is 0 Å². The first kappa shape index (κ1) is 19.3. The van der Waals surface area contributed by atoms with E-state index in [2.05, 4.69) is 22.2 Å². The minimum absolute atomic E-state index is 0.0144. The number of non-ortho nitro benzene ring substituents is 1. The molecule has 144 valence electrons. The lowest BCUT2D eigenvalue weighted by molar-refractivity contribution is -0.384. The fourth-order valence-corrected chi connectivity index (χ4v) is 2.74. The topological polar surface area (TPSA) is 81.1 Å². The van der Waals surface area contributed by atoms with E-state index in [1.54, 1.807) is 6.26 Å².